The highest BCUT2D eigenvalue weighted by Crippen LogP contribution is 2.27. The van der Waals surface area contributed by atoms with E-state index >= 15 is 0 Å². The summed E-state index contributed by atoms with van der Waals surface area (Å²) in [5, 5.41) is 8.72. The van der Waals surface area contributed by atoms with Crippen molar-refractivity contribution in [1.29, 1.82) is 5.26 Å². The molecule has 0 radical (unpaired) electrons. The van der Waals surface area contributed by atoms with Crippen molar-refractivity contribution in [3.8, 4) is 6.07 Å². The van der Waals surface area contributed by atoms with E-state index in [9.17, 15) is 4.79 Å². The molecule has 0 fully saturated rings. The molecule has 0 spiro atoms. The van der Waals surface area contributed by atoms with Crippen LogP contribution < -0.4 is 0 Å². The Balaban J connectivity index is 2.99. The summed E-state index contributed by atoms with van der Waals surface area (Å²) in [6.45, 7) is 1.81. The maximum absolute atomic E-state index is 10.6. The zero-order valence-corrected chi connectivity index (χ0v) is 8.20. The second kappa shape index (κ2) is 4.45. The minimum Gasteiger partial charge on any atom is -0.496 e. The molecule has 1 aliphatic carbocycles. The summed E-state index contributed by atoms with van der Waals surface area (Å²) in [6, 6.07) is 2.13. The Morgan fingerprint density at radius 2 is 2.29 bits per heavy atom. The molecule has 0 saturated carbocycles. The number of methoxy groups -OCH3 is 1. The van der Waals surface area contributed by atoms with Gasteiger partial charge in [-0.2, -0.15) is 5.26 Å². The first-order valence-electron chi connectivity index (χ1n) is 4.31. The predicted molar refractivity (Wildman–Crippen MR) is 51.8 cm³/mol. The molecular formula is C11H11NO2. The Bertz CT molecular complexity index is 379. The second-order valence-electron chi connectivity index (χ2n) is 3.08. The van der Waals surface area contributed by atoms with Crippen LogP contribution in [-0.4, -0.2) is 13.1 Å². The minimum absolute atomic E-state index is 0.173. The van der Waals surface area contributed by atoms with E-state index < -0.39 is 0 Å². The number of nitriles is 1. The van der Waals surface area contributed by atoms with E-state index in [2.05, 4.69) is 6.07 Å². The zero-order chi connectivity index (χ0) is 10.6. The molecule has 1 rings (SSSR count). The van der Waals surface area contributed by atoms with Crippen LogP contribution in [0.25, 0.3) is 0 Å². The molecule has 0 aromatic heterocycles. The monoisotopic (exact) mass is 189 g/mol. The van der Waals surface area contributed by atoms with E-state index in [1.807, 2.05) is 12.0 Å². The molecular weight excluding hydrogens is 178 g/mol. The van der Waals surface area contributed by atoms with Crippen LogP contribution in [0.3, 0.4) is 0 Å². The number of rotatable bonds is 2. The first kappa shape index (κ1) is 10.3. The molecule has 0 heterocycles. The van der Waals surface area contributed by atoms with Crippen LogP contribution in [0.4, 0.5) is 0 Å². The van der Waals surface area contributed by atoms with Gasteiger partial charge in [0.1, 0.15) is 11.7 Å². The number of hydrogen-bond donors (Lipinski definition) is 0. The van der Waals surface area contributed by atoms with Crippen LogP contribution in [0.5, 0.6) is 0 Å². The summed E-state index contributed by atoms with van der Waals surface area (Å²) in [5.74, 6) is 2.20. The van der Waals surface area contributed by atoms with Gasteiger partial charge in [-0.05, 0) is 18.6 Å². The summed E-state index contributed by atoms with van der Waals surface area (Å²) in [6.07, 6.45) is 3.98. The summed E-state index contributed by atoms with van der Waals surface area (Å²) in [7, 11) is 1.51. The maximum atomic E-state index is 10.6. The van der Waals surface area contributed by atoms with Crippen molar-refractivity contribution in [2.24, 2.45) is 5.92 Å². The molecule has 1 unspecified atom stereocenters. The van der Waals surface area contributed by atoms with Crippen LogP contribution in [0, 0.1) is 17.2 Å². The van der Waals surface area contributed by atoms with Crippen LogP contribution in [0.15, 0.2) is 29.1 Å². The Kier molecular flexibility index (Phi) is 3.28. The summed E-state index contributed by atoms with van der Waals surface area (Å²) < 4.78 is 4.99. The molecule has 0 aromatic carbocycles. The van der Waals surface area contributed by atoms with Crippen molar-refractivity contribution < 1.29 is 9.53 Å². The molecule has 0 aromatic rings. The third kappa shape index (κ3) is 1.93. The Hall–Kier alpha value is -1.78. The lowest BCUT2D eigenvalue weighted by Gasteiger charge is -2.15. The van der Waals surface area contributed by atoms with Crippen molar-refractivity contribution in [3.63, 3.8) is 0 Å². The Morgan fingerprint density at radius 1 is 1.57 bits per heavy atom. The van der Waals surface area contributed by atoms with Crippen LogP contribution in [0.1, 0.15) is 13.3 Å². The van der Waals surface area contributed by atoms with E-state index in [0.29, 0.717) is 17.8 Å². The molecule has 72 valence electrons. The highest BCUT2D eigenvalue weighted by Gasteiger charge is 2.17. The van der Waals surface area contributed by atoms with Crippen molar-refractivity contribution in [1.82, 2.24) is 0 Å². The number of ether oxygens (including phenoxy) is 1. The maximum Gasteiger partial charge on any atom is 0.133 e. The fraction of sp³-hybridized carbons (Fsp3) is 0.364. The third-order valence-electron chi connectivity index (χ3n) is 2.22. The topological polar surface area (TPSA) is 50.1 Å². The smallest absolute Gasteiger partial charge is 0.133 e. The lowest BCUT2D eigenvalue weighted by atomic mass is 9.91. The average molecular weight is 189 g/mol. The van der Waals surface area contributed by atoms with E-state index in [4.69, 9.17) is 10.00 Å². The SMILES string of the molecule is COC1=CC=C(C(C)C#N)CC1=C=O. The number of allylic oxidation sites excluding steroid dienone is 4. The van der Waals surface area contributed by atoms with Gasteiger partial charge in [-0.25, -0.2) is 4.79 Å². The van der Waals surface area contributed by atoms with Crippen LogP contribution in [-0.2, 0) is 9.53 Å². The highest BCUT2D eigenvalue weighted by atomic mass is 16.5. The fourth-order valence-electron chi connectivity index (χ4n) is 1.29. The first-order valence-corrected chi connectivity index (χ1v) is 4.31. The predicted octanol–water partition coefficient (Wildman–Crippen LogP) is 1.76. The van der Waals surface area contributed by atoms with Crippen molar-refractivity contribution in [3.05, 3.63) is 29.1 Å². The van der Waals surface area contributed by atoms with E-state index in [0.717, 1.165) is 5.57 Å². The molecule has 1 aliphatic rings. The summed E-state index contributed by atoms with van der Waals surface area (Å²) in [4.78, 5) is 10.6. The molecule has 3 nitrogen and oxygen atoms in total. The van der Waals surface area contributed by atoms with Crippen molar-refractivity contribution in [2.75, 3.05) is 7.11 Å². The number of hydrogen-bond acceptors (Lipinski definition) is 3. The molecule has 3 heteroatoms. The Labute approximate surface area is 83.0 Å². The molecule has 0 N–H and O–H groups in total. The number of nitrogens with zero attached hydrogens (tertiary/aromatic N) is 1. The molecule has 14 heavy (non-hydrogen) atoms. The third-order valence-corrected chi connectivity index (χ3v) is 2.22. The second-order valence-corrected chi connectivity index (χ2v) is 3.08. The fourth-order valence-corrected chi connectivity index (χ4v) is 1.29. The normalized spacial score (nSPS) is 17.4. The first-order chi connectivity index (χ1) is 6.72. The molecule has 1 atom stereocenters. The quantitative estimate of drug-likeness (QED) is 0.622. The van der Waals surface area contributed by atoms with Crippen LogP contribution in [0.2, 0.25) is 0 Å². The van der Waals surface area contributed by atoms with Gasteiger partial charge in [0.05, 0.1) is 24.7 Å². The van der Waals surface area contributed by atoms with Gasteiger partial charge in [0.15, 0.2) is 0 Å². The average Bonchev–Trinajstić information content (AvgIpc) is 2.26. The lowest BCUT2D eigenvalue weighted by Crippen LogP contribution is -2.05. The van der Waals surface area contributed by atoms with E-state index in [1.54, 1.807) is 13.0 Å². The largest absolute Gasteiger partial charge is 0.496 e. The van der Waals surface area contributed by atoms with Crippen molar-refractivity contribution in [2.45, 2.75) is 13.3 Å². The number of carbonyl (C=O) groups excluding carboxylic acids is 1. The molecule has 0 saturated heterocycles. The van der Waals surface area contributed by atoms with Gasteiger partial charge in [-0.3, -0.25) is 0 Å². The van der Waals surface area contributed by atoms with Gasteiger partial charge < -0.3 is 4.74 Å². The van der Waals surface area contributed by atoms with Gasteiger partial charge in [-0.15, -0.1) is 0 Å². The Morgan fingerprint density at radius 3 is 2.79 bits per heavy atom. The lowest BCUT2D eigenvalue weighted by molar-refractivity contribution is 0.298. The van der Waals surface area contributed by atoms with Gasteiger partial charge in [0.25, 0.3) is 0 Å². The standard InChI is InChI=1S/C11H11NO2/c1-8(6-12)9-3-4-11(14-2)10(5-9)7-13/h3-4,8H,5H2,1-2H3. The van der Waals surface area contributed by atoms with Crippen LogP contribution >= 0.6 is 0 Å². The minimum atomic E-state index is -0.173. The summed E-state index contributed by atoms with van der Waals surface area (Å²) in [5.41, 5.74) is 1.40. The molecule has 0 bridgehead atoms. The molecule has 0 amide bonds. The van der Waals surface area contributed by atoms with Gasteiger partial charge in [-0.1, -0.05) is 6.08 Å². The molecule has 0 aliphatic heterocycles. The van der Waals surface area contributed by atoms with E-state index in [-0.39, 0.29) is 5.92 Å². The van der Waals surface area contributed by atoms with Crippen molar-refractivity contribution >= 4 is 5.94 Å². The summed E-state index contributed by atoms with van der Waals surface area (Å²) >= 11 is 0. The van der Waals surface area contributed by atoms with Gasteiger partial charge in [0.2, 0.25) is 0 Å². The van der Waals surface area contributed by atoms with Gasteiger partial charge in [0, 0.05) is 6.42 Å². The van der Waals surface area contributed by atoms with Gasteiger partial charge >= 0.3 is 0 Å². The zero-order valence-electron chi connectivity index (χ0n) is 8.20. The van der Waals surface area contributed by atoms with E-state index in [1.165, 1.54) is 7.11 Å². The highest BCUT2D eigenvalue weighted by molar-refractivity contribution is 5.62.